The van der Waals surface area contributed by atoms with Crippen LogP contribution in [0, 0.1) is 5.82 Å². The molecule has 0 bridgehead atoms. The van der Waals surface area contributed by atoms with Gasteiger partial charge in [0, 0.05) is 31.7 Å². The number of hydrogen-bond donors (Lipinski definition) is 2. The van der Waals surface area contributed by atoms with Gasteiger partial charge in [0.05, 0.1) is 6.04 Å². The summed E-state index contributed by atoms with van der Waals surface area (Å²) < 4.78 is 13.8. The van der Waals surface area contributed by atoms with E-state index in [0.29, 0.717) is 18.5 Å². The maximum Gasteiger partial charge on any atom is 0.237 e. The van der Waals surface area contributed by atoms with Crippen LogP contribution in [-0.4, -0.2) is 42.0 Å². The predicted octanol–water partition coefficient (Wildman–Crippen LogP) is 4.28. The van der Waals surface area contributed by atoms with Crippen LogP contribution < -0.4 is 10.6 Å². The Labute approximate surface area is 189 Å². The van der Waals surface area contributed by atoms with Crippen LogP contribution >= 0.6 is 0 Å². The van der Waals surface area contributed by atoms with Crippen LogP contribution in [0.5, 0.6) is 0 Å². The lowest BCUT2D eigenvalue weighted by molar-refractivity contribution is -0.126. The van der Waals surface area contributed by atoms with Gasteiger partial charge in [-0.1, -0.05) is 60.7 Å². The van der Waals surface area contributed by atoms with Gasteiger partial charge in [-0.15, -0.1) is 0 Å². The third-order valence-electron chi connectivity index (χ3n) is 6.42. The molecule has 2 atom stereocenters. The molecule has 32 heavy (non-hydrogen) atoms. The molecule has 0 radical (unpaired) electrons. The second-order valence-electron chi connectivity index (χ2n) is 8.89. The first kappa shape index (κ1) is 22.4. The summed E-state index contributed by atoms with van der Waals surface area (Å²) in [5.41, 5.74) is 1.91. The van der Waals surface area contributed by atoms with Gasteiger partial charge in [-0.3, -0.25) is 9.69 Å². The Morgan fingerprint density at radius 3 is 2.56 bits per heavy atom. The Kier molecular flexibility index (Phi) is 7.18. The van der Waals surface area contributed by atoms with Gasteiger partial charge < -0.3 is 10.6 Å². The molecule has 168 valence electrons. The summed E-state index contributed by atoms with van der Waals surface area (Å²) >= 11 is 0. The van der Waals surface area contributed by atoms with Crippen LogP contribution in [0.3, 0.4) is 0 Å². The number of nitrogens with one attached hydrogen (secondary N) is 2. The third kappa shape index (κ3) is 5.17. The van der Waals surface area contributed by atoms with E-state index in [1.165, 1.54) is 22.4 Å². The SMILES string of the molecule is CC(C)N1C[C@H](NCc2cccc3ccccc23)C[C@H]1C(=O)NCCc1ccccc1F. The van der Waals surface area contributed by atoms with Crippen LogP contribution in [0.4, 0.5) is 4.39 Å². The summed E-state index contributed by atoms with van der Waals surface area (Å²) in [5.74, 6) is -0.186. The van der Waals surface area contributed by atoms with Gasteiger partial charge in [0.25, 0.3) is 0 Å². The lowest BCUT2D eigenvalue weighted by atomic mass is 10.0. The maximum atomic E-state index is 13.8. The van der Waals surface area contributed by atoms with E-state index in [9.17, 15) is 9.18 Å². The first-order valence-corrected chi connectivity index (χ1v) is 11.5. The van der Waals surface area contributed by atoms with Crippen molar-refractivity contribution in [3.63, 3.8) is 0 Å². The van der Waals surface area contributed by atoms with Gasteiger partial charge in [0.15, 0.2) is 0 Å². The molecule has 4 rings (SSSR count). The zero-order chi connectivity index (χ0) is 22.5. The van der Waals surface area contributed by atoms with E-state index in [4.69, 9.17) is 0 Å². The fourth-order valence-electron chi connectivity index (χ4n) is 4.68. The van der Waals surface area contributed by atoms with Crippen molar-refractivity contribution in [1.29, 1.82) is 0 Å². The number of hydrogen-bond acceptors (Lipinski definition) is 3. The number of carbonyl (C=O) groups is 1. The topological polar surface area (TPSA) is 44.4 Å². The van der Waals surface area contributed by atoms with Crippen molar-refractivity contribution in [1.82, 2.24) is 15.5 Å². The summed E-state index contributed by atoms with van der Waals surface area (Å²) in [5, 5.41) is 9.22. The molecular weight excluding hydrogens is 401 g/mol. The number of rotatable bonds is 8. The van der Waals surface area contributed by atoms with Crippen molar-refractivity contribution >= 4 is 16.7 Å². The third-order valence-corrected chi connectivity index (χ3v) is 6.42. The highest BCUT2D eigenvalue weighted by Crippen LogP contribution is 2.23. The summed E-state index contributed by atoms with van der Waals surface area (Å²) in [6, 6.07) is 21.9. The van der Waals surface area contributed by atoms with Gasteiger partial charge in [0.1, 0.15) is 5.82 Å². The van der Waals surface area contributed by atoms with Gasteiger partial charge in [0.2, 0.25) is 5.91 Å². The Balaban J connectivity index is 1.35. The Hall–Kier alpha value is -2.76. The van der Waals surface area contributed by atoms with Gasteiger partial charge in [-0.2, -0.15) is 0 Å². The highest BCUT2D eigenvalue weighted by molar-refractivity contribution is 5.85. The average molecular weight is 434 g/mol. The Morgan fingerprint density at radius 2 is 1.75 bits per heavy atom. The average Bonchev–Trinajstić information content (AvgIpc) is 3.24. The van der Waals surface area contributed by atoms with Crippen molar-refractivity contribution in [2.24, 2.45) is 0 Å². The molecule has 1 fully saturated rings. The minimum Gasteiger partial charge on any atom is -0.354 e. The molecule has 3 aromatic rings. The van der Waals surface area contributed by atoms with Crippen LogP contribution in [0.2, 0.25) is 0 Å². The van der Waals surface area contributed by atoms with E-state index >= 15 is 0 Å². The second kappa shape index (κ2) is 10.2. The van der Waals surface area contributed by atoms with Crippen LogP contribution in [0.1, 0.15) is 31.4 Å². The molecule has 1 aliphatic heterocycles. The van der Waals surface area contributed by atoms with E-state index in [0.717, 1.165) is 19.5 Å². The Morgan fingerprint density at radius 1 is 1.03 bits per heavy atom. The zero-order valence-corrected chi connectivity index (χ0v) is 18.9. The summed E-state index contributed by atoms with van der Waals surface area (Å²) in [7, 11) is 0. The number of halogens is 1. The van der Waals surface area contributed by atoms with Gasteiger partial charge in [-0.05, 0) is 54.7 Å². The van der Waals surface area contributed by atoms with E-state index in [1.54, 1.807) is 12.1 Å². The summed E-state index contributed by atoms with van der Waals surface area (Å²) in [6.07, 6.45) is 1.27. The molecule has 5 heteroatoms. The second-order valence-corrected chi connectivity index (χ2v) is 8.89. The molecule has 1 saturated heterocycles. The molecular formula is C27H32FN3O. The largest absolute Gasteiger partial charge is 0.354 e. The number of amides is 1. The highest BCUT2D eigenvalue weighted by Gasteiger charge is 2.37. The zero-order valence-electron chi connectivity index (χ0n) is 18.9. The van der Waals surface area contributed by atoms with Crippen molar-refractivity contribution < 1.29 is 9.18 Å². The minimum atomic E-state index is -0.218. The van der Waals surface area contributed by atoms with E-state index in [1.807, 2.05) is 6.07 Å². The quantitative estimate of drug-likeness (QED) is 0.557. The van der Waals surface area contributed by atoms with E-state index in [-0.39, 0.29) is 29.8 Å². The minimum absolute atomic E-state index is 0.0319. The lowest BCUT2D eigenvalue weighted by Gasteiger charge is -2.27. The molecule has 2 N–H and O–H groups in total. The highest BCUT2D eigenvalue weighted by atomic mass is 19.1. The van der Waals surface area contributed by atoms with Gasteiger partial charge in [-0.25, -0.2) is 4.39 Å². The fraction of sp³-hybridized carbons (Fsp3) is 0.370. The fourth-order valence-corrected chi connectivity index (χ4v) is 4.68. The molecule has 0 aliphatic carbocycles. The number of fused-ring (bicyclic) bond motifs is 1. The number of benzene rings is 3. The first-order chi connectivity index (χ1) is 15.5. The molecule has 0 aromatic heterocycles. The first-order valence-electron chi connectivity index (χ1n) is 11.5. The molecule has 0 unspecified atom stereocenters. The molecule has 4 nitrogen and oxygen atoms in total. The molecule has 3 aromatic carbocycles. The summed E-state index contributed by atoms with van der Waals surface area (Å²) in [6.45, 7) is 6.32. The van der Waals surface area contributed by atoms with Crippen LogP contribution in [0.25, 0.3) is 10.8 Å². The van der Waals surface area contributed by atoms with E-state index in [2.05, 4.69) is 71.8 Å². The molecule has 0 spiro atoms. The molecule has 0 saturated carbocycles. The number of carbonyl (C=O) groups excluding carboxylic acids is 1. The Bertz CT molecular complexity index is 1060. The number of nitrogens with zero attached hydrogens (tertiary/aromatic N) is 1. The normalized spacial score (nSPS) is 19.0. The predicted molar refractivity (Wildman–Crippen MR) is 128 cm³/mol. The van der Waals surface area contributed by atoms with E-state index < -0.39 is 0 Å². The number of likely N-dealkylation sites (tertiary alicyclic amines) is 1. The van der Waals surface area contributed by atoms with Crippen LogP contribution in [-0.2, 0) is 17.8 Å². The molecule has 1 aliphatic rings. The monoisotopic (exact) mass is 433 g/mol. The van der Waals surface area contributed by atoms with Crippen LogP contribution in [0.15, 0.2) is 66.7 Å². The smallest absolute Gasteiger partial charge is 0.237 e. The standard InChI is InChI=1S/C27H32FN3O/c1-19(2)31-18-23(30-17-22-11-7-10-20-8-3-5-12-24(20)22)16-26(31)27(32)29-15-14-21-9-4-6-13-25(21)28/h3-13,19,23,26,30H,14-18H2,1-2H3,(H,29,32)/t23-,26+/m1/s1. The van der Waals surface area contributed by atoms with Crippen molar-refractivity contribution in [2.45, 2.75) is 51.4 Å². The molecule has 1 amide bonds. The maximum absolute atomic E-state index is 13.8. The summed E-state index contributed by atoms with van der Waals surface area (Å²) in [4.78, 5) is 15.2. The van der Waals surface area contributed by atoms with Gasteiger partial charge >= 0.3 is 0 Å². The van der Waals surface area contributed by atoms with Crippen molar-refractivity contribution in [3.8, 4) is 0 Å². The lowest BCUT2D eigenvalue weighted by Crippen LogP contribution is -2.46. The van der Waals surface area contributed by atoms with Crippen molar-refractivity contribution in [2.75, 3.05) is 13.1 Å². The molecule has 1 heterocycles. The van der Waals surface area contributed by atoms with Crippen molar-refractivity contribution in [3.05, 3.63) is 83.7 Å².